The molecule has 0 unspecified atom stereocenters. The molecule has 0 spiro atoms. The van der Waals surface area contributed by atoms with Crippen LogP contribution in [0.2, 0.25) is 0 Å². The van der Waals surface area contributed by atoms with Crippen LogP contribution in [0.3, 0.4) is 0 Å². The van der Waals surface area contributed by atoms with Gasteiger partial charge in [-0.2, -0.15) is 0 Å². The number of rotatable bonds is 4. The van der Waals surface area contributed by atoms with Gasteiger partial charge in [-0.1, -0.05) is 0 Å². The summed E-state index contributed by atoms with van der Waals surface area (Å²) in [4.78, 5) is 9.64. The second kappa shape index (κ2) is 4.42. The second-order valence-electron chi connectivity index (χ2n) is 3.78. The summed E-state index contributed by atoms with van der Waals surface area (Å²) >= 11 is 1.59. The standard InChI is InChI=1S/C13H12N2O2S/c1-3-17-11-4-8-9(5-10(11)16-2)15-13(8)12-6-14-7-18-12/h4-7H,3H2,1-2H3. The minimum atomic E-state index is 0.613. The van der Waals surface area contributed by atoms with Gasteiger partial charge in [0.05, 0.1) is 35.2 Å². The molecule has 1 aromatic carbocycles. The van der Waals surface area contributed by atoms with Crippen molar-refractivity contribution in [1.29, 1.82) is 0 Å². The molecule has 0 saturated carbocycles. The summed E-state index contributed by atoms with van der Waals surface area (Å²) in [6, 6.07) is 3.89. The molecule has 5 heteroatoms. The number of benzene rings is 1. The first-order valence-electron chi connectivity index (χ1n) is 5.66. The molecule has 92 valence electrons. The highest BCUT2D eigenvalue weighted by Crippen LogP contribution is 2.26. The van der Waals surface area contributed by atoms with Gasteiger partial charge in [0.1, 0.15) is 0 Å². The molecular weight excluding hydrogens is 248 g/mol. The van der Waals surface area contributed by atoms with Gasteiger partial charge in [-0.25, -0.2) is 4.99 Å². The van der Waals surface area contributed by atoms with E-state index in [1.54, 1.807) is 18.4 Å². The second-order valence-corrected chi connectivity index (χ2v) is 4.67. The fraction of sp³-hybridized carbons (Fsp3) is 0.231. The van der Waals surface area contributed by atoms with E-state index < -0.39 is 0 Å². The normalized spacial score (nSPS) is 12.4. The van der Waals surface area contributed by atoms with Gasteiger partial charge >= 0.3 is 0 Å². The van der Waals surface area contributed by atoms with Crippen LogP contribution in [0, 0.1) is 0 Å². The number of methoxy groups -OCH3 is 1. The fourth-order valence-electron chi connectivity index (χ4n) is 1.91. The minimum absolute atomic E-state index is 0.613. The third-order valence-corrected chi connectivity index (χ3v) is 3.51. The van der Waals surface area contributed by atoms with E-state index in [4.69, 9.17) is 9.47 Å². The Morgan fingerprint density at radius 1 is 1.28 bits per heavy atom. The van der Waals surface area contributed by atoms with Gasteiger partial charge in [-0.3, -0.25) is 4.98 Å². The van der Waals surface area contributed by atoms with E-state index in [-0.39, 0.29) is 0 Å². The third-order valence-electron chi connectivity index (χ3n) is 2.73. The Morgan fingerprint density at radius 3 is 2.83 bits per heavy atom. The highest BCUT2D eigenvalue weighted by molar-refractivity contribution is 7.10. The van der Waals surface area contributed by atoms with Crippen LogP contribution in [0.1, 0.15) is 11.8 Å². The molecular formula is C13H12N2O2S. The quantitative estimate of drug-likeness (QED) is 0.833. The van der Waals surface area contributed by atoms with Gasteiger partial charge in [0, 0.05) is 17.5 Å². The Labute approximate surface area is 108 Å². The van der Waals surface area contributed by atoms with E-state index in [1.807, 2.05) is 30.8 Å². The molecule has 0 N–H and O–H groups in total. The molecule has 1 aliphatic rings. The van der Waals surface area contributed by atoms with Crippen LogP contribution >= 0.6 is 11.3 Å². The summed E-state index contributed by atoms with van der Waals surface area (Å²) in [6.07, 6.45) is 1.83. The Morgan fingerprint density at radius 2 is 2.17 bits per heavy atom. The summed E-state index contributed by atoms with van der Waals surface area (Å²) in [5.74, 6) is 1.48. The lowest BCUT2D eigenvalue weighted by Gasteiger charge is -2.13. The number of hydrogen-bond donors (Lipinski definition) is 0. The van der Waals surface area contributed by atoms with Crippen molar-refractivity contribution in [3.63, 3.8) is 0 Å². The van der Waals surface area contributed by atoms with Crippen molar-refractivity contribution in [2.24, 2.45) is 4.99 Å². The van der Waals surface area contributed by atoms with Crippen molar-refractivity contribution >= 4 is 17.0 Å². The van der Waals surface area contributed by atoms with E-state index in [0.29, 0.717) is 6.61 Å². The number of ether oxygens (including phenoxy) is 2. The van der Waals surface area contributed by atoms with E-state index in [2.05, 4.69) is 9.98 Å². The number of nitrogens with zero attached hydrogens (tertiary/aromatic N) is 2. The highest BCUT2D eigenvalue weighted by Gasteiger charge is 2.15. The first kappa shape index (κ1) is 11.2. The first-order valence-corrected chi connectivity index (χ1v) is 6.54. The zero-order chi connectivity index (χ0) is 12.5. The van der Waals surface area contributed by atoms with Crippen molar-refractivity contribution < 1.29 is 9.47 Å². The molecule has 0 saturated heterocycles. The molecule has 1 aromatic heterocycles. The van der Waals surface area contributed by atoms with Crippen LogP contribution in [0.15, 0.2) is 28.8 Å². The summed E-state index contributed by atoms with van der Waals surface area (Å²) in [6.45, 7) is 2.57. The SMILES string of the molecule is CCOc1cc2c(cc1OC)=NC=2c1cncs1. The zero-order valence-corrected chi connectivity index (χ0v) is 11.0. The molecule has 0 bridgehead atoms. The van der Waals surface area contributed by atoms with Crippen LogP contribution in [0.4, 0.5) is 0 Å². The lowest BCUT2D eigenvalue weighted by molar-refractivity contribution is 0.310. The molecule has 2 aromatic rings. The van der Waals surface area contributed by atoms with Crippen LogP contribution in [-0.4, -0.2) is 18.7 Å². The van der Waals surface area contributed by atoms with E-state index >= 15 is 0 Å². The van der Waals surface area contributed by atoms with Crippen molar-refractivity contribution in [2.45, 2.75) is 6.92 Å². The van der Waals surface area contributed by atoms with Crippen LogP contribution in [0.25, 0.3) is 5.70 Å². The number of aromatic nitrogens is 1. The Kier molecular flexibility index (Phi) is 2.76. The number of hydrogen-bond acceptors (Lipinski definition) is 5. The lowest BCUT2D eigenvalue weighted by Crippen LogP contribution is -2.35. The molecule has 0 radical (unpaired) electrons. The predicted molar refractivity (Wildman–Crippen MR) is 69.6 cm³/mol. The maximum Gasteiger partial charge on any atom is 0.162 e. The molecule has 0 fully saturated rings. The molecule has 0 amide bonds. The van der Waals surface area contributed by atoms with Crippen molar-refractivity contribution in [1.82, 2.24) is 4.98 Å². The summed E-state index contributed by atoms with van der Waals surface area (Å²) in [7, 11) is 1.64. The van der Waals surface area contributed by atoms with Crippen LogP contribution < -0.4 is 20.0 Å². The average Bonchev–Trinajstić information content (AvgIpc) is 2.87. The molecule has 0 aliphatic carbocycles. The van der Waals surface area contributed by atoms with Gasteiger partial charge in [0.2, 0.25) is 0 Å². The van der Waals surface area contributed by atoms with Gasteiger partial charge in [-0.05, 0) is 13.0 Å². The highest BCUT2D eigenvalue weighted by atomic mass is 32.1. The maximum absolute atomic E-state index is 5.57. The summed E-state index contributed by atoms with van der Waals surface area (Å²) in [5, 5.41) is 2.04. The monoisotopic (exact) mass is 260 g/mol. The van der Waals surface area contributed by atoms with Gasteiger partial charge < -0.3 is 9.47 Å². The van der Waals surface area contributed by atoms with E-state index in [0.717, 1.165) is 32.6 Å². The first-order chi connectivity index (χ1) is 8.83. The van der Waals surface area contributed by atoms with Crippen molar-refractivity contribution in [2.75, 3.05) is 13.7 Å². The minimum Gasteiger partial charge on any atom is -0.493 e. The van der Waals surface area contributed by atoms with Crippen molar-refractivity contribution in [3.05, 3.63) is 39.3 Å². The summed E-state index contributed by atoms with van der Waals surface area (Å²) in [5.41, 5.74) is 2.79. The Balaban J connectivity index is 2.15. The largest absolute Gasteiger partial charge is 0.493 e. The maximum atomic E-state index is 5.57. The predicted octanol–water partition coefficient (Wildman–Crippen LogP) is 1.34. The Bertz CT molecular complexity index is 693. The number of thiazole rings is 1. The van der Waals surface area contributed by atoms with Crippen LogP contribution in [-0.2, 0) is 0 Å². The van der Waals surface area contributed by atoms with Gasteiger partial charge in [0.25, 0.3) is 0 Å². The van der Waals surface area contributed by atoms with Gasteiger partial charge in [-0.15, -0.1) is 11.3 Å². The molecule has 18 heavy (non-hydrogen) atoms. The molecule has 2 heterocycles. The lowest BCUT2D eigenvalue weighted by atomic mass is 10.1. The Hall–Kier alpha value is -1.88. The van der Waals surface area contributed by atoms with E-state index in [1.165, 1.54) is 0 Å². The fourth-order valence-corrected chi connectivity index (χ4v) is 2.53. The topological polar surface area (TPSA) is 43.7 Å². The molecule has 1 aliphatic heterocycles. The number of fused-ring (bicyclic) bond motifs is 1. The zero-order valence-electron chi connectivity index (χ0n) is 10.1. The van der Waals surface area contributed by atoms with Crippen molar-refractivity contribution in [3.8, 4) is 11.5 Å². The van der Waals surface area contributed by atoms with E-state index in [9.17, 15) is 0 Å². The smallest absolute Gasteiger partial charge is 0.162 e. The molecule has 4 nitrogen and oxygen atoms in total. The average molecular weight is 260 g/mol. The third kappa shape index (κ3) is 1.67. The van der Waals surface area contributed by atoms with Crippen LogP contribution in [0.5, 0.6) is 11.5 Å². The molecule has 0 atom stereocenters. The molecule has 3 rings (SSSR count). The summed E-state index contributed by atoms with van der Waals surface area (Å²) < 4.78 is 10.9. The van der Waals surface area contributed by atoms with Gasteiger partial charge in [0.15, 0.2) is 11.5 Å².